The quantitative estimate of drug-likeness (QED) is 0.794. The summed E-state index contributed by atoms with van der Waals surface area (Å²) in [6.45, 7) is 10.4. The van der Waals surface area contributed by atoms with Crippen molar-refractivity contribution in [3.05, 3.63) is 29.8 Å². The average Bonchev–Trinajstić information content (AvgIpc) is 3.53. The Morgan fingerprint density at radius 2 is 1.93 bits per heavy atom. The Morgan fingerprint density at radius 1 is 1.15 bits per heavy atom. The zero-order valence-corrected chi connectivity index (χ0v) is 16.6. The predicted octanol–water partition coefficient (Wildman–Crippen LogP) is 2.38. The van der Waals surface area contributed by atoms with E-state index < -0.39 is 5.60 Å². The number of piperidine rings is 1. The van der Waals surface area contributed by atoms with Crippen molar-refractivity contribution in [1.82, 2.24) is 9.80 Å². The summed E-state index contributed by atoms with van der Waals surface area (Å²) in [5.74, 6) is 1.89. The summed E-state index contributed by atoms with van der Waals surface area (Å²) >= 11 is 0. The Kier molecular flexibility index (Phi) is 6.02. The first-order valence-electron chi connectivity index (χ1n) is 10.6. The Labute approximate surface area is 163 Å². The number of hydrogen-bond acceptors (Lipinski definition) is 5. The zero-order valence-electron chi connectivity index (χ0n) is 16.6. The van der Waals surface area contributed by atoms with Crippen LogP contribution in [-0.2, 0) is 11.3 Å². The van der Waals surface area contributed by atoms with Gasteiger partial charge in [0.2, 0.25) is 0 Å². The van der Waals surface area contributed by atoms with E-state index in [-0.39, 0.29) is 0 Å². The highest BCUT2D eigenvalue weighted by atomic mass is 16.5. The van der Waals surface area contributed by atoms with Crippen LogP contribution in [-0.4, -0.2) is 73.1 Å². The number of nitrogens with zero attached hydrogens (tertiary/aromatic N) is 2. The Balaban J connectivity index is 1.30. The van der Waals surface area contributed by atoms with Crippen molar-refractivity contribution in [2.45, 2.75) is 38.3 Å². The van der Waals surface area contributed by atoms with Crippen LogP contribution in [0.5, 0.6) is 5.75 Å². The molecule has 2 atom stereocenters. The van der Waals surface area contributed by atoms with E-state index in [2.05, 4.69) is 41.0 Å². The van der Waals surface area contributed by atoms with E-state index in [1.165, 1.54) is 18.4 Å². The lowest BCUT2D eigenvalue weighted by molar-refractivity contribution is -0.0833. The van der Waals surface area contributed by atoms with Gasteiger partial charge in [0.15, 0.2) is 0 Å². The smallest absolute Gasteiger partial charge is 0.123 e. The zero-order chi connectivity index (χ0) is 18.7. The van der Waals surface area contributed by atoms with Crippen molar-refractivity contribution in [3.8, 4) is 5.75 Å². The van der Waals surface area contributed by atoms with E-state index in [4.69, 9.17) is 9.47 Å². The van der Waals surface area contributed by atoms with Gasteiger partial charge in [-0.05, 0) is 37.2 Å². The number of aliphatic hydroxyl groups is 1. The van der Waals surface area contributed by atoms with Gasteiger partial charge in [0.1, 0.15) is 12.4 Å². The summed E-state index contributed by atoms with van der Waals surface area (Å²) in [5.41, 5.74) is 0.827. The Morgan fingerprint density at radius 3 is 2.67 bits per heavy atom. The van der Waals surface area contributed by atoms with E-state index >= 15 is 0 Å². The summed E-state index contributed by atoms with van der Waals surface area (Å²) in [5, 5.41) is 11.0. The van der Waals surface area contributed by atoms with Crippen molar-refractivity contribution in [2.24, 2.45) is 11.8 Å². The number of para-hydroxylation sites is 1. The number of likely N-dealkylation sites (tertiary alicyclic amines) is 1. The first kappa shape index (κ1) is 19.2. The van der Waals surface area contributed by atoms with Gasteiger partial charge in [-0.25, -0.2) is 0 Å². The molecule has 1 N–H and O–H groups in total. The third-order valence-electron chi connectivity index (χ3n) is 6.63. The molecule has 2 saturated heterocycles. The molecule has 2 unspecified atom stereocenters. The molecule has 1 saturated carbocycles. The molecule has 1 aliphatic carbocycles. The van der Waals surface area contributed by atoms with E-state index in [0.717, 1.165) is 71.3 Å². The van der Waals surface area contributed by atoms with Gasteiger partial charge < -0.3 is 14.6 Å². The molecule has 5 nitrogen and oxygen atoms in total. The van der Waals surface area contributed by atoms with Crippen molar-refractivity contribution >= 4 is 0 Å². The molecule has 3 aliphatic rings. The van der Waals surface area contributed by atoms with E-state index in [1.807, 2.05) is 0 Å². The van der Waals surface area contributed by atoms with E-state index in [0.29, 0.717) is 11.8 Å². The van der Waals surface area contributed by atoms with Gasteiger partial charge in [-0.3, -0.25) is 9.80 Å². The van der Waals surface area contributed by atoms with Crippen molar-refractivity contribution in [2.75, 3.05) is 52.5 Å². The molecular formula is C22H34N2O3. The summed E-state index contributed by atoms with van der Waals surface area (Å²) in [4.78, 5) is 4.88. The van der Waals surface area contributed by atoms with Gasteiger partial charge in [-0.1, -0.05) is 25.1 Å². The number of hydrogen-bond donors (Lipinski definition) is 1. The fourth-order valence-corrected chi connectivity index (χ4v) is 4.68. The molecule has 0 aromatic heterocycles. The Hall–Kier alpha value is -1.14. The third kappa shape index (κ3) is 4.65. The molecule has 150 valence electrons. The molecule has 0 radical (unpaired) electrons. The van der Waals surface area contributed by atoms with Crippen molar-refractivity contribution < 1.29 is 14.6 Å². The topological polar surface area (TPSA) is 45.2 Å². The van der Waals surface area contributed by atoms with Crippen molar-refractivity contribution in [1.29, 1.82) is 0 Å². The van der Waals surface area contributed by atoms with Crippen LogP contribution in [0.25, 0.3) is 0 Å². The number of benzene rings is 1. The van der Waals surface area contributed by atoms with E-state index in [9.17, 15) is 5.11 Å². The third-order valence-corrected chi connectivity index (χ3v) is 6.63. The lowest BCUT2D eigenvalue weighted by atomic mass is 9.78. The number of morpholine rings is 1. The molecule has 2 heterocycles. The molecule has 5 heteroatoms. The molecule has 2 aliphatic heterocycles. The van der Waals surface area contributed by atoms with Gasteiger partial charge >= 0.3 is 0 Å². The molecule has 1 aromatic rings. The monoisotopic (exact) mass is 374 g/mol. The minimum absolute atomic E-state index is 0.341. The molecule has 4 rings (SSSR count). The maximum atomic E-state index is 11.0. The largest absolute Gasteiger partial charge is 0.492 e. The number of ether oxygens (including phenoxy) is 2. The highest BCUT2D eigenvalue weighted by molar-refractivity contribution is 5.33. The first-order valence-corrected chi connectivity index (χ1v) is 10.6. The highest BCUT2D eigenvalue weighted by Gasteiger charge is 2.49. The summed E-state index contributed by atoms with van der Waals surface area (Å²) < 4.78 is 11.5. The predicted molar refractivity (Wildman–Crippen MR) is 106 cm³/mol. The van der Waals surface area contributed by atoms with E-state index in [1.54, 1.807) is 0 Å². The minimum atomic E-state index is -0.426. The molecule has 27 heavy (non-hydrogen) atoms. The molecular weight excluding hydrogens is 340 g/mol. The summed E-state index contributed by atoms with van der Waals surface area (Å²) in [6.07, 6.45) is 3.32. The fourth-order valence-electron chi connectivity index (χ4n) is 4.68. The lowest BCUT2D eigenvalue weighted by Crippen LogP contribution is -2.51. The van der Waals surface area contributed by atoms with Crippen LogP contribution in [0.3, 0.4) is 0 Å². The van der Waals surface area contributed by atoms with Crippen LogP contribution >= 0.6 is 0 Å². The summed E-state index contributed by atoms with van der Waals surface area (Å²) in [7, 11) is 0. The van der Waals surface area contributed by atoms with Gasteiger partial charge in [-0.15, -0.1) is 0 Å². The van der Waals surface area contributed by atoms with Crippen molar-refractivity contribution in [3.63, 3.8) is 0 Å². The van der Waals surface area contributed by atoms with Gasteiger partial charge in [0.25, 0.3) is 0 Å². The first-order chi connectivity index (χ1) is 13.1. The average molecular weight is 375 g/mol. The second-order valence-electron chi connectivity index (χ2n) is 8.56. The highest BCUT2D eigenvalue weighted by Crippen LogP contribution is 2.47. The van der Waals surface area contributed by atoms with Crippen LogP contribution in [0.2, 0.25) is 0 Å². The van der Waals surface area contributed by atoms with Crippen LogP contribution in [0.15, 0.2) is 24.3 Å². The molecule has 1 aromatic carbocycles. The van der Waals surface area contributed by atoms with Crippen LogP contribution in [0, 0.1) is 11.8 Å². The summed E-state index contributed by atoms with van der Waals surface area (Å²) in [6, 6.07) is 8.41. The fraction of sp³-hybridized carbons (Fsp3) is 0.727. The SMILES string of the molecule is CC1CN(Cc2ccccc2OCCN2CCOCC2)CCC1(O)C1CC1. The maximum Gasteiger partial charge on any atom is 0.123 e. The lowest BCUT2D eigenvalue weighted by Gasteiger charge is -2.43. The van der Waals surface area contributed by atoms with Gasteiger partial charge in [0.05, 0.1) is 18.8 Å². The second-order valence-corrected chi connectivity index (χ2v) is 8.56. The number of rotatable bonds is 7. The normalized spacial score (nSPS) is 30.4. The molecule has 0 bridgehead atoms. The maximum absolute atomic E-state index is 11.0. The molecule has 0 spiro atoms. The Bertz CT molecular complexity index is 615. The van der Waals surface area contributed by atoms with Crippen LogP contribution in [0.4, 0.5) is 0 Å². The minimum Gasteiger partial charge on any atom is -0.492 e. The second kappa shape index (κ2) is 8.48. The molecule has 0 amide bonds. The van der Waals surface area contributed by atoms with Gasteiger partial charge in [0, 0.05) is 44.8 Å². The standard InChI is InChI=1S/C22H34N2O3/c1-18-16-24(9-8-22(18,25)20-6-7-20)17-19-4-2-3-5-21(19)27-15-12-23-10-13-26-14-11-23/h2-5,18,20,25H,6-17H2,1H3. The van der Waals surface area contributed by atoms with Crippen LogP contribution < -0.4 is 4.74 Å². The van der Waals surface area contributed by atoms with Crippen LogP contribution in [0.1, 0.15) is 31.7 Å². The van der Waals surface area contributed by atoms with Gasteiger partial charge in [-0.2, -0.15) is 0 Å². The molecule has 3 fully saturated rings.